The van der Waals surface area contributed by atoms with Crippen LogP contribution in [0.4, 0.5) is 0 Å². The van der Waals surface area contributed by atoms with E-state index in [1.54, 1.807) is 0 Å². The zero-order chi connectivity index (χ0) is 18.7. The molecule has 0 aliphatic carbocycles. The lowest BCUT2D eigenvalue weighted by Crippen LogP contribution is -2.46. The van der Waals surface area contributed by atoms with Crippen LogP contribution in [0.5, 0.6) is 0 Å². The van der Waals surface area contributed by atoms with Crippen molar-refractivity contribution in [2.75, 3.05) is 18.8 Å². The van der Waals surface area contributed by atoms with Crippen LogP contribution in [0, 0.1) is 6.92 Å². The number of hydrogen-bond acceptors (Lipinski definition) is 3. The molecule has 0 radical (unpaired) electrons. The summed E-state index contributed by atoms with van der Waals surface area (Å²) in [4.78, 5) is 15.9. The second-order valence-corrected chi connectivity index (χ2v) is 8.94. The van der Waals surface area contributed by atoms with Crippen molar-refractivity contribution >= 4 is 26.8 Å². The third kappa shape index (κ3) is 3.78. The number of nitrogens with zero attached hydrogens (tertiary/aromatic N) is 1. The predicted octanol–water partition coefficient (Wildman–Crippen LogP) is 2.34. The van der Waals surface area contributed by atoms with Gasteiger partial charge in [0.15, 0.2) is 0 Å². The zero-order valence-corrected chi connectivity index (χ0v) is 16.2. The van der Waals surface area contributed by atoms with Crippen molar-refractivity contribution in [1.82, 2.24) is 14.6 Å². The van der Waals surface area contributed by atoms with Crippen LogP contribution in [0.25, 0.3) is 10.9 Å². The fraction of sp³-hybridized carbons (Fsp3) is 0.526. The largest absolute Gasteiger partial charge is 0.358 e. The Morgan fingerprint density at radius 1 is 1.35 bits per heavy atom. The molecule has 1 aliphatic heterocycles. The van der Waals surface area contributed by atoms with Gasteiger partial charge in [-0.25, -0.2) is 8.42 Å². The van der Waals surface area contributed by atoms with Crippen molar-refractivity contribution < 1.29 is 13.2 Å². The molecule has 1 fully saturated rings. The molecule has 0 bridgehead atoms. The lowest BCUT2D eigenvalue weighted by atomic mass is 10.1. The number of aromatic nitrogens is 1. The molecular formula is C19H27N3O3S. The Labute approximate surface area is 155 Å². The van der Waals surface area contributed by atoms with E-state index in [4.69, 9.17) is 0 Å². The molecular weight excluding hydrogens is 350 g/mol. The molecule has 2 aromatic rings. The normalized spacial score (nSPS) is 18.5. The maximum atomic E-state index is 12.6. The highest BCUT2D eigenvalue weighted by Crippen LogP contribution is 2.23. The molecule has 2 heterocycles. The van der Waals surface area contributed by atoms with E-state index < -0.39 is 16.1 Å². The first-order valence-electron chi connectivity index (χ1n) is 9.27. The van der Waals surface area contributed by atoms with E-state index >= 15 is 0 Å². The minimum absolute atomic E-state index is 0.102. The number of carbonyl (C=O) groups excluding carboxylic acids is 1. The highest BCUT2D eigenvalue weighted by Gasteiger charge is 2.37. The van der Waals surface area contributed by atoms with E-state index in [0.717, 1.165) is 24.1 Å². The lowest BCUT2D eigenvalue weighted by Gasteiger charge is -2.23. The van der Waals surface area contributed by atoms with Gasteiger partial charge in [0.05, 0.1) is 5.75 Å². The number of sulfonamides is 1. The van der Waals surface area contributed by atoms with E-state index in [1.807, 2.05) is 32.0 Å². The summed E-state index contributed by atoms with van der Waals surface area (Å²) in [6.45, 7) is 4.82. The van der Waals surface area contributed by atoms with Crippen LogP contribution in [0.1, 0.15) is 37.4 Å². The molecule has 0 saturated carbocycles. The number of aromatic amines is 1. The maximum Gasteiger partial charge on any atom is 0.238 e. The van der Waals surface area contributed by atoms with Crippen molar-refractivity contribution in [3.05, 3.63) is 35.5 Å². The van der Waals surface area contributed by atoms with Crippen molar-refractivity contribution in [2.24, 2.45) is 0 Å². The van der Waals surface area contributed by atoms with Crippen LogP contribution in [-0.4, -0.2) is 48.5 Å². The summed E-state index contributed by atoms with van der Waals surface area (Å²) < 4.78 is 26.1. The molecule has 142 valence electrons. The fourth-order valence-corrected chi connectivity index (χ4v) is 5.54. The molecule has 7 heteroatoms. The number of benzene rings is 1. The third-order valence-corrected chi connectivity index (χ3v) is 7.10. The average molecular weight is 378 g/mol. The number of rotatable bonds is 7. The van der Waals surface area contributed by atoms with Gasteiger partial charge in [0.2, 0.25) is 15.9 Å². The highest BCUT2D eigenvalue weighted by molar-refractivity contribution is 7.89. The van der Waals surface area contributed by atoms with E-state index in [9.17, 15) is 13.2 Å². The molecule has 0 spiro atoms. The third-order valence-electron chi connectivity index (χ3n) is 5.03. The number of H-pyrrole nitrogens is 1. The first kappa shape index (κ1) is 18.9. The van der Waals surface area contributed by atoms with Gasteiger partial charge in [-0.3, -0.25) is 4.79 Å². The number of fused-ring (bicyclic) bond motifs is 1. The summed E-state index contributed by atoms with van der Waals surface area (Å²) in [6, 6.07) is 7.56. The molecule has 1 aromatic carbocycles. The minimum atomic E-state index is -3.34. The van der Waals surface area contributed by atoms with Crippen LogP contribution in [0.15, 0.2) is 24.3 Å². The van der Waals surface area contributed by atoms with Gasteiger partial charge in [-0.05, 0) is 44.2 Å². The first-order chi connectivity index (χ1) is 12.4. The number of amides is 1. The van der Waals surface area contributed by atoms with Crippen molar-refractivity contribution in [2.45, 2.75) is 45.6 Å². The number of aryl methyl sites for hydroxylation is 1. The number of nitrogens with one attached hydrogen (secondary N) is 2. The molecule has 1 saturated heterocycles. The van der Waals surface area contributed by atoms with Gasteiger partial charge < -0.3 is 10.3 Å². The smallest absolute Gasteiger partial charge is 0.238 e. The highest BCUT2D eigenvalue weighted by atomic mass is 32.2. The molecule has 1 unspecified atom stereocenters. The van der Waals surface area contributed by atoms with E-state index in [1.165, 1.54) is 15.3 Å². The Morgan fingerprint density at radius 3 is 2.88 bits per heavy atom. The van der Waals surface area contributed by atoms with Crippen molar-refractivity contribution in [1.29, 1.82) is 0 Å². The fourth-order valence-electron chi connectivity index (χ4n) is 3.80. The summed E-state index contributed by atoms with van der Waals surface area (Å²) in [5.41, 5.74) is 3.40. The summed E-state index contributed by atoms with van der Waals surface area (Å²) in [5.74, 6) is -0.0784. The Balaban J connectivity index is 1.62. The zero-order valence-electron chi connectivity index (χ0n) is 15.4. The number of hydrogen-bond donors (Lipinski definition) is 2. The quantitative estimate of drug-likeness (QED) is 0.777. The summed E-state index contributed by atoms with van der Waals surface area (Å²) >= 11 is 0. The summed E-state index contributed by atoms with van der Waals surface area (Å²) in [6.07, 6.45) is 2.62. The van der Waals surface area contributed by atoms with Crippen LogP contribution in [-0.2, 0) is 21.2 Å². The van der Waals surface area contributed by atoms with E-state index in [0.29, 0.717) is 25.9 Å². The predicted molar refractivity (Wildman–Crippen MR) is 104 cm³/mol. The topological polar surface area (TPSA) is 82.3 Å². The van der Waals surface area contributed by atoms with Crippen molar-refractivity contribution in [3.8, 4) is 0 Å². The maximum absolute atomic E-state index is 12.6. The summed E-state index contributed by atoms with van der Waals surface area (Å²) in [7, 11) is -3.34. The van der Waals surface area contributed by atoms with Crippen LogP contribution < -0.4 is 5.32 Å². The van der Waals surface area contributed by atoms with E-state index in [-0.39, 0.29) is 11.7 Å². The second kappa shape index (κ2) is 7.80. The Hall–Kier alpha value is -1.86. The molecule has 3 rings (SSSR count). The SMILES string of the molecule is CCCS(=O)(=O)N1CCCC1C(=O)NCCc1c(C)[nH]c2ccccc12. The van der Waals surface area contributed by atoms with Gasteiger partial charge in [0, 0.05) is 29.7 Å². The van der Waals surface area contributed by atoms with Gasteiger partial charge in [0.1, 0.15) is 6.04 Å². The average Bonchev–Trinajstić information content (AvgIpc) is 3.20. The van der Waals surface area contributed by atoms with Crippen LogP contribution in [0.2, 0.25) is 0 Å². The van der Waals surface area contributed by atoms with Gasteiger partial charge >= 0.3 is 0 Å². The Morgan fingerprint density at radius 2 is 2.12 bits per heavy atom. The van der Waals surface area contributed by atoms with Crippen LogP contribution >= 0.6 is 0 Å². The van der Waals surface area contributed by atoms with Gasteiger partial charge in [-0.2, -0.15) is 4.31 Å². The second-order valence-electron chi connectivity index (χ2n) is 6.90. The molecule has 1 atom stereocenters. The van der Waals surface area contributed by atoms with Crippen molar-refractivity contribution in [3.63, 3.8) is 0 Å². The number of carbonyl (C=O) groups is 1. The molecule has 2 N–H and O–H groups in total. The first-order valence-corrected chi connectivity index (χ1v) is 10.9. The van der Waals surface area contributed by atoms with Gasteiger partial charge in [-0.15, -0.1) is 0 Å². The molecule has 1 aliphatic rings. The van der Waals surface area contributed by atoms with Gasteiger partial charge in [-0.1, -0.05) is 25.1 Å². The van der Waals surface area contributed by atoms with E-state index in [2.05, 4.69) is 16.4 Å². The monoisotopic (exact) mass is 377 g/mol. The minimum Gasteiger partial charge on any atom is -0.358 e. The van der Waals surface area contributed by atoms with Gasteiger partial charge in [0.25, 0.3) is 0 Å². The standard InChI is InChI=1S/C19H27N3O3S/c1-3-13-26(24,25)22-12-6-9-18(22)19(23)20-11-10-15-14(2)21-17-8-5-4-7-16(15)17/h4-5,7-8,18,21H,3,6,9-13H2,1-2H3,(H,20,23). The lowest BCUT2D eigenvalue weighted by molar-refractivity contribution is -0.124. The summed E-state index contributed by atoms with van der Waals surface area (Å²) in [5, 5.41) is 4.11. The molecule has 26 heavy (non-hydrogen) atoms. The molecule has 6 nitrogen and oxygen atoms in total. The molecule has 1 aromatic heterocycles. The van der Waals surface area contributed by atoms with Crippen LogP contribution in [0.3, 0.4) is 0 Å². The molecule has 1 amide bonds. The Bertz CT molecular complexity index is 889. The number of para-hydroxylation sites is 1. The Kier molecular flexibility index (Phi) is 5.67.